The van der Waals surface area contributed by atoms with Crippen molar-refractivity contribution in [3.63, 3.8) is 0 Å². The van der Waals surface area contributed by atoms with E-state index < -0.39 is 10.9 Å². The number of hydrogen-bond acceptors (Lipinski definition) is 9. The normalized spacial score (nSPS) is 11.3. The van der Waals surface area contributed by atoms with E-state index in [-0.39, 0.29) is 17.0 Å². The summed E-state index contributed by atoms with van der Waals surface area (Å²) in [6.07, 6.45) is 21.4. The number of hydrogen-bond donors (Lipinski definition) is 0. The van der Waals surface area contributed by atoms with Gasteiger partial charge in [-0.25, -0.2) is 4.79 Å². The second-order valence-electron chi connectivity index (χ2n) is 17.3. The van der Waals surface area contributed by atoms with Crippen molar-refractivity contribution in [3.8, 4) is 34.5 Å². The van der Waals surface area contributed by atoms with Gasteiger partial charge < -0.3 is 28.4 Å². The maximum Gasteiger partial charge on any atom is 0.343 e. The van der Waals surface area contributed by atoms with Gasteiger partial charge in [0.15, 0.2) is 34.5 Å². The number of fused-ring (bicyclic) bond motifs is 6. The third-order valence-electron chi connectivity index (χ3n) is 11.9. The second kappa shape index (κ2) is 27.9. The average molecular weight is 894 g/mol. The van der Waals surface area contributed by atoms with Gasteiger partial charge in [0, 0.05) is 12.1 Å². The van der Waals surface area contributed by atoms with E-state index in [9.17, 15) is 14.9 Å². The van der Waals surface area contributed by atoms with Crippen molar-refractivity contribution in [2.75, 3.05) is 33.0 Å². The fraction of sp³-hybridized carbons (Fsp3) is 0.545. The van der Waals surface area contributed by atoms with E-state index in [1.54, 1.807) is 0 Å². The number of ether oxygens (including phenoxy) is 6. The van der Waals surface area contributed by atoms with Gasteiger partial charge in [-0.05, 0) is 113 Å². The van der Waals surface area contributed by atoms with Gasteiger partial charge in [-0.3, -0.25) is 10.1 Å². The lowest BCUT2D eigenvalue weighted by Crippen LogP contribution is -2.10. The van der Waals surface area contributed by atoms with Gasteiger partial charge in [0.25, 0.3) is 5.69 Å². The smallest absolute Gasteiger partial charge is 0.343 e. The molecule has 5 rings (SSSR count). The Kier molecular flexibility index (Phi) is 21.8. The molecule has 0 aliphatic heterocycles. The molecule has 0 aliphatic carbocycles. The minimum absolute atomic E-state index is 0.108. The number of nitro groups is 1. The summed E-state index contributed by atoms with van der Waals surface area (Å²) in [7, 11) is 0. The third kappa shape index (κ3) is 15.2. The molecule has 0 N–H and O–H groups in total. The predicted octanol–water partition coefficient (Wildman–Crippen LogP) is 16.1. The highest BCUT2D eigenvalue weighted by Gasteiger charge is 2.22. The van der Waals surface area contributed by atoms with Crippen LogP contribution >= 0.6 is 0 Å². The Morgan fingerprint density at radius 3 is 0.923 bits per heavy atom. The lowest BCUT2D eigenvalue weighted by molar-refractivity contribution is -0.384. The first-order valence-electron chi connectivity index (χ1n) is 25.0. The SMILES string of the molecule is CCCCCCOc1cc2c3cc(OCCCCCC)c(OCCCCCC)cc3c3cc(OC(=O)c4ccc([N+](=O)[O-])cc4)c(OCCCCCC)cc3c2cc1OCCCCCC. The van der Waals surface area contributed by atoms with E-state index in [1.165, 1.54) is 24.3 Å². The van der Waals surface area contributed by atoms with E-state index in [4.69, 9.17) is 28.4 Å². The fourth-order valence-corrected chi connectivity index (χ4v) is 8.09. The minimum atomic E-state index is -0.644. The fourth-order valence-electron chi connectivity index (χ4n) is 8.09. The maximum atomic E-state index is 13.8. The summed E-state index contributed by atoms with van der Waals surface area (Å²) in [6, 6.07) is 17.7. The van der Waals surface area contributed by atoms with Crippen LogP contribution in [-0.4, -0.2) is 43.9 Å². The Hall–Kier alpha value is -5.25. The number of non-ortho nitro benzene ring substituents is 1. The summed E-state index contributed by atoms with van der Waals surface area (Å²) >= 11 is 0. The van der Waals surface area contributed by atoms with E-state index in [1.807, 2.05) is 12.1 Å². The Morgan fingerprint density at radius 2 is 0.662 bits per heavy atom. The van der Waals surface area contributed by atoms with Crippen molar-refractivity contribution in [1.82, 2.24) is 0 Å². The van der Waals surface area contributed by atoms with E-state index in [0.717, 1.165) is 161 Å². The molecule has 0 bridgehead atoms. The van der Waals surface area contributed by atoms with E-state index >= 15 is 0 Å². The predicted molar refractivity (Wildman–Crippen MR) is 265 cm³/mol. The van der Waals surface area contributed by atoms with Crippen LogP contribution < -0.4 is 28.4 Å². The number of benzene rings is 5. The highest BCUT2D eigenvalue weighted by Crippen LogP contribution is 2.47. The summed E-state index contributed by atoms with van der Waals surface area (Å²) in [5, 5.41) is 16.9. The topological polar surface area (TPSA) is 116 Å². The van der Waals surface area contributed by atoms with Crippen LogP contribution in [0.15, 0.2) is 60.7 Å². The first-order valence-corrected chi connectivity index (χ1v) is 25.0. The van der Waals surface area contributed by atoms with Crippen LogP contribution in [0.4, 0.5) is 5.69 Å². The van der Waals surface area contributed by atoms with Gasteiger partial charge in [-0.15, -0.1) is 0 Å². The first-order chi connectivity index (χ1) is 31.8. The van der Waals surface area contributed by atoms with Gasteiger partial charge in [0.2, 0.25) is 0 Å². The second-order valence-corrected chi connectivity index (χ2v) is 17.3. The largest absolute Gasteiger partial charge is 0.490 e. The zero-order valence-corrected chi connectivity index (χ0v) is 40.1. The molecular weight excluding hydrogens is 819 g/mol. The standard InChI is InChI=1S/C55H75NO9/c1-6-11-16-21-30-60-49-35-43-44-36-50(61-31-22-17-12-7-2)52(63-33-24-19-14-9-4)38-46(44)48-40-54(65-55(57)41-26-28-42(29-27-41)56(58)59)53(64-34-25-20-15-10-5)39-47(48)45(43)37-51(49)62-32-23-18-13-8-3/h26-29,35-40H,6-25,30-34H2,1-5H3. The van der Waals surface area contributed by atoms with Crippen molar-refractivity contribution in [2.24, 2.45) is 0 Å². The molecule has 5 aromatic carbocycles. The number of carbonyl (C=O) groups is 1. The zero-order valence-electron chi connectivity index (χ0n) is 40.1. The lowest BCUT2D eigenvalue weighted by Gasteiger charge is -2.20. The average Bonchev–Trinajstić information content (AvgIpc) is 3.31. The molecule has 10 heteroatoms. The molecule has 0 aromatic heterocycles. The molecule has 0 unspecified atom stereocenters. The summed E-state index contributed by atoms with van der Waals surface area (Å²) in [6.45, 7) is 13.8. The van der Waals surface area contributed by atoms with Crippen LogP contribution in [0.25, 0.3) is 32.3 Å². The molecule has 0 amide bonds. The molecule has 0 atom stereocenters. The maximum absolute atomic E-state index is 13.8. The monoisotopic (exact) mass is 894 g/mol. The van der Waals surface area contributed by atoms with E-state index in [0.29, 0.717) is 61.8 Å². The Bertz CT molecular complexity index is 2190. The van der Waals surface area contributed by atoms with Crippen LogP contribution in [0.5, 0.6) is 34.5 Å². The molecule has 5 aromatic rings. The Morgan fingerprint density at radius 1 is 0.400 bits per heavy atom. The number of nitro benzene ring substituents is 1. The molecule has 0 fully saturated rings. The van der Waals surface area contributed by atoms with Crippen LogP contribution in [0, 0.1) is 10.1 Å². The molecule has 0 radical (unpaired) electrons. The van der Waals surface area contributed by atoms with Gasteiger partial charge in [-0.1, -0.05) is 131 Å². The number of esters is 1. The highest BCUT2D eigenvalue weighted by molar-refractivity contribution is 6.27. The molecule has 0 saturated heterocycles. The Balaban J connectivity index is 1.75. The third-order valence-corrected chi connectivity index (χ3v) is 11.9. The van der Waals surface area contributed by atoms with Gasteiger partial charge in [-0.2, -0.15) is 0 Å². The van der Waals surface area contributed by atoms with Crippen molar-refractivity contribution in [1.29, 1.82) is 0 Å². The number of carbonyl (C=O) groups excluding carboxylic acids is 1. The minimum Gasteiger partial charge on any atom is -0.490 e. The van der Waals surface area contributed by atoms with E-state index in [2.05, 4.69) is 58.9 Å². The first kappa shape index (κ1) is 50.7. The summed E-state index contributed by atoms with van der Waals surface area (Å²) in [5.74, 6) is 2.82. The molecule has 354 valence electrons. The van der Waals surface area contributed by atoms with Crippen molar-refractivity contribution >= 4 is 44.0 Å². The van der Waals surface area contributed by atoms with Crippen molar-refractivity contribution in [2.45, 2.75) is 163 Å². The molecule has 65 heavy (non-hydrogen) atoms. The van der Waals surface area contributed by atoms with Gasteiger partial charge >= 0.3 is 5.97 Å². The van der Waals surface area contributed by atoms with Crippen LogP contribution in [0.2, 0.25) is 0 Å². The molecule has 0 heterocycles. The number of rotatable bonds is 33. The van der Waals surface area contributed by atoms with Crippen molar-refractivity contribution < 1.29 is 38.1 Å². The molecule has 0 spiro atoms. The van der Waals surface area contributed by atoms with Crippen LogP contribution in [0.3, 0.4) is 0 Å². The molecule has 0 aliphatic rings. The van der Waals surface area contributed by atoms with Gasteiger partial charge in [0.05, 0.1) is 43.5 Å². The van der Waals surface area contributed by atoms with Gasteiger partial charge in [0.1, 0.15) is 0 Å². The lowest BCUT2D eigenvalue weighted by atomic mass is 9.93. The van der Waals surface area contributed by atoms with Crippen LogP contribution in [0.1, 0.15) is 173 Å². The van der Waals surface area contributed by atoms with Crippen molar-refractivity contribution in [3.05, 3.63) is 76.3 Å². The highest BCUT2D eigenvalue weighted by atomic mass is 16.6. The summed E-state index contributed by atoms with van der Waals surface area (Å²) in [4.78, 5) is 24.7. The summed E-state index contributed by atoms with van der Waals surface area (Å²) in [5.41, 5.74) is 0.0826. The number of unbranched alkanes of at least 4 members (excludes halogenated alkanes) is 15. The Labute approximate surface area is 387 Å². The zero-order chi connectivity index (χ0) is 46.2. The van der Waals surface area contributed by atoms with Crippen LogP contribution in [-0.2, 0) is 0 Å². The molecule has 0 saturated carbocycles. The number of nitrogens with zero attached hydrogens (tertiary/aromatic N) is 1. The molecule has 10 nitrogen and oxygen atoms in total. The molecular formula is C55H75NO9. The summed E-state index contributed by atoms with van der Waals surface area (Å²) < 4.78 is 39.1. The quantitative estimate of drug-likeness (QED) is 0.0101.